The SMILES string of the molecule is C[C@@H](C(=O)Nc1ccccc1)N1CCN(S(=O)(=O)c2ccc3ccccc3c2)CC1. The van der Waals surface area contributed by atoms with Gasteiger partial charge in [-0.05, 0) is 42.0 Å². The minimum absolute atomic E-state index is 0.0907. The highest BCUT2D eigenvalue weighted by Crippen LogP contribution is 2.23. The fraction of sp³-hybridized carbons (Fsp3) is 0.261. The quantitative estimate of drug-likeness (QED) is 0.684. The molecule has 30 heavy (non-hydrogen) atoms. The number of anilines is 1. The number of hydrogen-bond acceptors (Lipinski definition) is 4. The average Bonchev–Trinajstić information content (AvgIpc) is 2.79. The van der Waals surface area contributed by atoms with E-state index < -0.39 is 10.0 Å². The first-order valence-corrected chi connectivity index (χ1v) is 11.5. The zero-order valence-electron chi connectivity index (χ0n) is 16.9. The largest absolute Gasteiger partial charge is 0.325 e. The van der Waals surface area contributed by atoms with Gasteiger partial charge in [0.2, 0.25) is 15.9 Å². The molecule has 0 bridgehead atoms. The summed E-state index contributed by atoms with van der Waals surface area (Å²) in [5.74, 6) is -0.0907. The van der Waals surface area contributed by atoms with Crippen LogP contribution in [-0.4, -0.2) is 55.8 Å². The van der Waals surface area contributed by atoms with Crippen LogP contribution in [0, 0.1) is 0 Å². The summed E-state index contributed by atoms with van der Waals surface area (Å²) >= 11 is 0. The van der Waals surface area contributed by atoms with Gasteiger partial charge in [0, 0.05) is 31.9 Å². The highest BCUT2D eigenvalue weighted by Gasteiger charge is 2.31. The van der Waals surface area contributed by atoms with E-state index in [0.717, 1.165) is 16.5 Å². The molecule has 1 aliphatic heterocycles. The predicted molar refractivity (Wildman–Crippen MR) is 119 cm³/mol. The Hall–Kier alpha value is -2.74. The summed E-state index contributed by atoms with van der Waals surface area (Å²) in [5.41, 5.74) is 0.756. The van der Waals surface area contributed by atoms with E-state index in [0.29, 0.717) is 31.1 Å². The van der Waals surface area contributed by atoms with Crippen LogP contribution in [0.15, 0.2) is 77.7 Å². The fourth-order valence-electron chi connectivity index (χ4n) is 3.74. The normalized spacial score (nSPS) is 17.0. The summed E-state index contributed by atoms with van der Waals surface area (Å²) in [4.78, 5) is 14.9. The minimum Gasteiger partial charge on any atom is -0.325 e. The molecule has 1 atom stereocenters. The van der Waals surface area contributed by atoms with Crippen molar-refractivity contribution in [3.63, 3.8) is 0 Å². The van der Waals surface area contributed by atoms with Crippen molar-refractivity contribution >= 4 is 32.4 Å². The van der Waals surface area contributed by atoms with Gasteiger partial charge in [0.25, 0.3) is 0 Å². The highest BCUT2D eigenvalue weighted by molar-refractivity contribution is 7.89. The topological polar surface area (TPSA) is 69.7 Å². The Morgan fingerprint density at radius 1 is 0.867 bits per heavy atom. The first kappa shape index (κ1) is 20.5. The Kier molecular flexibility index (Phi) is 5.85. The first-order valence-electron chi connectivity index (χ1n) is 10.0. The van der Waals surface area contributed by atoms with Crippen molar-refractivity contribution in [2.45, 2.75) is 17.9 Å². The van der Waals surface area contributed by atoms with Gasteiger partial charge in [0.1, 0.15) is 0 Å². The maximum atomic E-state index is 13.1. The summed E-state index contributed by atoms with van der Waals surface area (Å²) < 4.78 is 27.7. The Morgan fingerprint density at radius 3 is 2.20 bits per heavy atom. The number of amides is 1. The van der Waals surface area contributed by atoms with E-state index >= 15 is 0 Å². The second-order valence-corrected chi connectivity index (χ2v) is 9.42. The molecule has 156 valence electrons. The van der Waals surface area contributed by atoms with Gasteiger partial charge in [-0.1, -0.05) is 48.5 Å². The van der Waals surface area contributed by atoms with Crippen LogP contribution in [0.1, 0.15) is 6.92 Å². The number of piperazine rings is 1. The zero-order valence-corrected chi connectivity index (χ0v) is 17.7. The Balaban J connectivity index is 1.41. The molecule has 1 aliphatic rings. The van der Waals surface area contributed by atoms with Gasteiger partial charge < -0.3 is 5.32 Å². The van der Waals surface area contributed by atoms with E-state index in [2.05, 4.69) is 5.32 Å². The second kappa shape index (κ2) is 8.55. The highest BCUT2D eigenvalue weighted by atomic mass is 32.2. The molecule has 0 aromatic heterocycles. The number of benzene rings is 3. The maximum absolute atomic E-state index is 13.1. The van der Waals surface area contributed by atoms with Crippen LogP contribution in [0.25, 0.3) is 10.8 Å². The molecule has 0 radical (unpaired) electrons. The van der Waals surface area contributed by atoms with Gasteiger partial charge in [0.15, 0.2) is 0 Å². The van der Waals surface area contributed by atoms with Gasteiger partial charge in [-0.3, -0.25) is 9.69 Å². The molecular formula is C23H25N3O3S. The van der Waals surface area contributed by atoms with Gasteiger partial charge in [-0.25, -0.2) is 8.42 Å². The number of para-hydroxylation sites is 1. The first-order chi connectivity index (χ1) is 14.4. The van der Waals surface area contributed by atoms with Crippen molar-refractivity contribution in [1.29, 1.82) is 0 Å². The number of sulfonamides is 1. The third kappa shape index (κ3) is 4.23. The summed E-state index contributed by atoms with van der Waals surface area (Å²) in [6, 6.07) is 22.0. The third-order valence-corrected chi connectivity index (χ3v) is 7.50. The van der Waals surface area contributed by atoms with Gasteiger partial charge >= 0.3 is 0 Å². The summed E-state index contributed by atoms with van der Waals surface area (Å²) in [6.45, 7) is 3.59. The van der Waals surface area contributed by atoms with Crippen LogP contribution in [-0.2, 0) is 14.8 Å². The van der Waals surface area contributed by atoms with Crippen molar-refractivity contribution in [3.05, 3.63) is 72.8 Å². The third-order valence-electron chi connectivity index (χ3n) is 5.60. The fourth-order valence-corrected chi connectivity index (χ4v) is 5.20. The molecule has 6 nitrogen and oxygen atoms in total. The summed E-state index contributed by atoms with van der Waals surface area (Å²) in [7, 11) is -3.57. The molecule has 3 aromatic rings. The Labute approximate surface area is 177 Å². The lowest BCUT2D eigenvalue weighted by molar-refractivity contribution is -0.121. The van der Waals surface area contributed by atoms with Gasteiger partial charge in [-0.15, -0.1) is 0 Å². The molecule has 0 saturated carbocycles. The standard InChI is InChI=1S/C23H25N3O3S/c1-18(23(27)24-21-9-3-2-4-10-21)25-13-15-26(16-14-25)30(28,29)22-12-11-19-7-5-6-8-20(19)17-22/h2-12,17-18H,13-16H2,1H3,(H,24,27)/t18-/m0/s1. The molecule has 1 N–H and O–H groups in total. The average molecular weight is 424 g/mol. The molecule has 1 amide bonds. The summed E-state index contributed by atoms with van der Waals surface area (Å²) in [6.07, 6.45) is 0. The summed E-state index contributed by atoms with van der Waals surface area (Å²) in [5, 5.41) is 4.83. The van der Waals surface area contributed by atoms with Crippen molar-refractivity contribution in [3.8, 4) is 0 Å². The van der Waals surface area contributed by atoms with E-state index in [1.165, 1.54) is 4.31 Å². The number of hydrogen-bond donors (Lipinski definition) is 1. The lowest BCUT2D eigenvalue weighted by atomic mass is 10.1. The molecule has 1 heterocycles. The van der Waals surface area contributed by atoms with Crippen molar-refractivity contribution in [2.24, 2.45) is 0 Å². The number of nitrogens with zero attached hydrogens (tertiary/aromatic N) is 2. The lowest BCUT2D eigenvalue weighted by Crippen LogP contribution is -2.53. The molecular weight excluding hydrogens is 398 g/mol. The Morgan fingerprint density at radius 2 is 1.50 bits per heavy atom. The number of carbonyl (C=O) groups excluding carboxylic acids is 1. The maximum Gasteiger partial charge on any atom is 0.243 e. The van der Waals surface area contributed by atoms with Gasteiger partial charge in [-0.2, -0.15) is 4.31 Å². The zero-order chi connectivity index (χ0) is 21.1. The lowest BCUT2D eigenvalue weighted by Gasteiger charge is -2.36. The number of rotatable bonds is 5. The molecule has 4 rings (SSSR count). The van der Waals surface area contributed by atoms with E-state index in [9.17, 15) is 13.2 Å². The van der Waals surface area contributed by atoms with E-state index in [1.54, 1.807) is 12.1 Å². The number of carbonyl (C=O) groups is 1. The van der Waals surface area contributed by atoms with Crippen molar-refractivity contribution < 1.29 is 13.2 Å². The smallest absolute Gasteiger partial charge is 0.243 e. The molecule has 1 saturated heterocycles. The molecule has 1 fully saturated rings. The van der Waals surface area contributed by atoms with E-state index in [-0.39, 0.29) is 11.9 Å². The predicted octanol–water partition coefficient (Wildman–Crippen LogP) is 3.17. The molecule has 0 spiro atoms. The van der Waals surface area contributed by atoms with E-state index in [1.807, 2.05) is 72.5 Å². The van der Waals surface area contributed by atoms with Crippen LogP contribution in [0.5, 0.6) is 0 Å². The number of nitrogens with one attached hydrogen (secondary N) is 1. The molecule has 3 aromatic carbocycles. The van der Waals surface area contributed by atoms with Crippen molar-refractivity contribution in [2.75, 3.05) is 31.5 Å². The van der Waals surface area contributed by atoms with Crippen LogP contribution < -0.4 is 5.32 Å². The number of fused-ring (bicyclic) bond motifs is 1. The molecule has 0 unspecified atom stereocenters. The van der Waals surface area contributed by atoms with Crippen LogP contribution in [0.3, 0.4) is 0 Å². The minimum atomic E-state index is -3.57. The molecule has 0 aliphatic carbocycles. The van der Waals surface area contributed by atoms with E-state index in [4.69, 9.17) is 0 Å². The Bertz CT molecular complexity index is 1140. The van der Waals surface area contributed by atoms with Crippen molar-refractivity contribution in [1.82, 2.24) is 9.21 Å². The van der Waals surface area contributed by atoms with Crippen LogP contribution in [0.2, 0.25) is 0 Å². The molecule has 7 heteroatoms. The van der Waals surface area contributed by atoms with Gasteiger partial charge in [0.05, 0.1) is 10.9 Å². The second-order valence-electron chi connectivity index (χ2n) is 7.48. The van der Waals surface area contributed by atoms with Crippen LogP contribution in [0.4, 0.5) is 5.69 Å². The monoisotopic (exact) mass is 423 g/mol. The van der Waals surface area contributed by atoms with Crippen LogP contribution >= 0.6 is 0 Å².